The van der Waals surface area contributed by atoms with Crippen LogP contribution in [0.15, 0.2) is 12.1 Å². The van der Waals surface area contributed by atoms with Crippen LogP contribution in [0.2, 0.25) is 0 Å². The van der Waals surface area contributed by atoms with Gasteiger partial charge in [-0.25, -0.2) is 4.98 Å². The number of aryl methyl sites for hydroxylation is 1. The predicted molar refractivity (Wildman–Crippen MR) is 83.1 cm³/mol. The van der Waals surface area contributed by atoms with E-state index in [0.717, 1.165) is 43.7 Å². The Labute approximate surface area is 122 Å². The smallest absolute Gasteiger partial charge is 0.129 e. The van der Waals surface area contributed by atoms with Crippen LogP contribution in [0.25, 0.3) is 0 Å². The standard InChI is InChI=1S/C16H26N4/c1-12-8-14(10-17-15-4-5-15)9-16(18-12)20-7-6-19(3)11-13(20)2/h8-9,13,15,17H,4-7,10-11H2,1-3H3. The van der Waals surface area contributed by atoms with Crippen LogP contribution in [0.4, 0.5) is 5.82 Å². The van der Waals surface area contributed by atoms with Gasteiger partial charge in [-0.1, -0.05) is 0 Å². The highest BCUT2D eigenvalue weighted by Crippen LogP contribution is 2.22. The molecule has 1 saturated carbocycles. The largest absolute Gasteiger partial charge is 0.351 e. The first-order valence-electron chi connectivity index (χ1n) is 7.78. The van der Waals surface area contributed by atoms with Gasteiger partial charge in [0.1, 0.15) is 5.82 Å². The van der Waals surface area contributed by atoms with E-state index < -0.39 is 0 Å². The summed E-state index contributed by atoms with van der Waals surface area (Å²) in [5, 5.41) is 3.59. The molecule has 2 fully saturated rings. The van der Waals surface area contributed by atoms with Crippen LogP contribution >= 0.6 is 0 Å². The van der Waals surface area contributed by atoms with Crippen LogP contribution in [0.3, 0.4) is 0 Å². The summed E-state index contributed by atoms with van der Waals surface area (Å²) in [5.41, 5.74) is 2.49. The summed E-state index contributed by atoms with van der Waals surface area (Å²) >= 11 is 0. The fraction of sp³-hybridized carbons (Fsp3) is 0.688. The zero-order chi connectivity index (χ0) is 14.1. The molecule has 1 aromatic heterocycles. The zero-order valence-electron chi connectivity index (χ0n) is 12.9. The summed E-state index contributed by atoms with van der Waals surface area (Å²) in [7, 11) is 2.20. The van der Waals surface area contributed by atoms with Crippen molar-refractivity contribution in [3.8, 4) is 0 Å². The lowest BCUT2D eigenvalue weighted by atomic mass is 10.1. The Balaban J connectivity index is 1.74. The Hall–Kier alpha value is -1.13. The highest BCUT2D eigenvalue weighted by Gasteiger charge is 2.23. The third-order valence-electron chi connectivity index (χ3n) is 4.30. The fourth-order valence-corrected chi connectivity index (χ4v) is 3.00. The number of hydrogen-bond acceptors (Lipinski definition) is 4. The molecule has 1 aliphatic heterocycles. The predicted octanol–water partition coefficient (Wildman–Crippen LogP) is 1.78. The summed E-state index contributed by atoms with van der Waals surface area (Å²) in [6.45, 7) is 8.68. The third-order valence-corrected chi connectivity index (χ3v) is 4.30. The molecular formula is C16H26N4. The van der Waals surface area contributed by atoms with Gasteiger partial charge in [-0.3, -0.25) is 0 Å². The molecule has 1 aliphatic carbocycles. The van der Waals surface area contributed by atoms with Crippen molar-refractivity contribution in [3.05, 3.63) is 23.4 Å². The average molecular weight is 274 g/mol. The number of rotatable bonds is 4. The first kappa shape index (κ1) is 13.8. The molecule has 4 nitrogen and oxygen atoms in total. The van der Waals surface area contributed by atoms with Crippen molar-refractivity contribution in [3.63, 3.8) is 0 Å². The van der Waals surface area contributed by atoms with Crippen LogP contribution < -0.4 is 10.2 Å². The summed E-state index contributed by atoms with van der Waals surface area (Å²) in [6, 6.07) is 5.77. The number of anilines is 1. The van der Waals surface area contributed by atoms with E-state index in [1.54, 1.807) is 0 Å². The fourth-order valence-electron chi connectivity index (χ4n) is 3.00. The van der Waals surface area contributed by atoms with Crippen molar-refractivity contribution >= 4 is 5.82 Å². The van der Waals surface area contributed by atoms with Gasteiger partial charge in [0.2, 0.25) is 0 Å². The van der Waals surface area contributed by atoms with E-state index in [9.17, 15) is 0 Å². The second kappa shape index (κ2) is 5.70. The normalized spacial score (nSPS) is 24.1. The van der Waals surface area contributed by atoms with Crippen LogP contribution in [-0.4, -0.2) is 48.6 Å². The second-order valence-corrected chi connectivity index (χ2v) is 6.43. The van der Waals surface area contributed by atoms with Crippen molar-refractivity contribution < 1.29 is 0 Å². The van der Waals surface area contributed by atoms with Gasteiger partial charge in [0, 0.05) is 44.0 Å². The maximum Gasteiger partial charge on any atom is 0.129 e. The van der Waals surface area contributed by atoms with E-state index in [2.05, 4.69) is 48.1 Å². The van der Waals surface area contributed by atoms with Crippen LogP contribution in [0.1, 0.15) is 31.0 Å². The van der Waals surface area contributed by atoms with Gasteiger partial charge in [0.05, 0.1) is 0 Å². The molecule has 1 saturated heterocycles. The van der Waals surface area contributed by atoms with E-state index >= 15 is 0 Å². The third kappa shape index (κ3) is 3.30. The maximum absolute atomic E-state index is 4.76. The second-order valence-electron chi connectivity index (χ2n) is 6.43. The minimum absolute atomic E-state index is 0.535. The van der Waals surface area contributed by atoms with E-state index in [1.807, 2.05) is 0 Å². The molecule has 20 heavy (non-hydrogen) atoms. The summed E-state index contributed by atoms with van der Waals surface area (Å²) in [5.74, 6) is 1.15. The molecule has 110 valence electrons. The number of aromatic nitrogens is 1. The van der Waals surface area contributed by atoms with E-state index in [0.29, 0.717) is 6.04 Å². The monoisotopic (exact) mass is 274 g/mol. The van der Waals surface area contributed by atoms with Crippen molar-refractivity contribution in [2.45, 2.75) is 45.3 Å². The van der Waals surface area contributed by atoms with Gasteiger partial charge in [0.15, 0.2) is 0 Å². The lowest BCUT2D eigenvalue weighted by Crippen LogP contribution is -2.50. The zero-order valence-corrected chi connectivity index (χ0v) is 12.9. The maximum atomic E-state index is 4.76. The van der Waals surface area contributed by atoms with Gasteiger partial charge in [-0.2, -0.15) is 0 Å². The van der Waals surface area contributed by atoms with Crippen molar-refractivity contribution in [2.75, 3.05) is 31.6 Å². The quantitative estimate of drug-likeness (QED) is 0.907. The molecule has 1 aromatic rings. The number of nitrogens with one attached hydrogen (secondary N) is 1. The van der Waals surface area contributed by atoms with Gasteiger partial charge < -0.3 is 15.1 Å². The van der Waals surface area contributed by atoms with Crippen LogP contribution in [0.5, 0.6) is 0 Å². The molecule has 3 rings (SSSR count). The molecule has 0 bridgehead atoms. The Morgan fingerprint density at radius 2 is 2.10 bits per heavy atom. The Morgan fingerprint density at radius 1 is 1.30 bits per heavy atom. The van der Waals surface area contributed by atoms with E-state index in [4.69, 9.17) is 4.98 Å². The molecule has 0 radical (unpaired) electrons. The average Bonchev–Trinajstić information content (AvgIpc) is 3.19. The van der Waals surface area contributed by atoms with Crippen molar-refractivity contribution in [1.82, 2.24) is 15.2 Å². The molecule has 1 N–H and O–H groups in total. The van der Waals surface area contributed by atoms with Gasteiger partial charge >= 0.3 is 0 Å². The highest BCUT2D eigenvalue weighted by molar-refractivity contribution is 5.44. The molecule has 0 spiro atoms. The number of likely N-dealkylation sites (N-methyl/N-ethyl adjacent to an activating group) is 1. The topological polar surface area (TPSA) is 31.4 Å². The van der Waals surface area contributed by atoms with Crippen LogP contribution in [0, 0.1) is 6.92 Å². The van der Waals surface area contributed by atoms with Gasteiger partial charge in [-0.05, 0) is 51.4 Å². The lowest BCUT2D eigenvalue weighted by molar-refractivity contribution is 0.274. The highest BCUT2D eigenvalue weighted by atomic mass is 15.3. The Morgan fingerprint density at radius 3 is 2.80 bits per heavy atom. The molecule has 2 aliphatic rings. The first-order chi connectivity index (χ1) is 9.61. The summed E-state index contributed by atoms with van der Waals surface area (Å²) in [6.07, 6.45) is 2.68. The molecule has 1 unspecified atom stereocenters. The number of pyridine rings is 1. The minimum atomic E-state index is 0.535. The van der Waals surface area contributed by atoms with E-state index in [1.165, 1.54) is 18.4 Å². The van der Waals surface area contributed by atoms with Crippen LogP contribution in [-0.2, 0) is 6.54 Å². The Kier molecular flexibility index (Phi) is 3.94. The lowest BCUT2D eigenvalue weighted by Gasteiger charge is -2.39. The van der Waals surface area contributed by atoms with E-state index in [-0.39, 0.29) is 0 Å². The molecule has 0 aromatic carbocycles. The number of piperazine rings is 1. The van der Waals surface area contributed by atoms with Gasteiger partial charge in [-0.15, -0.1) is 0 Å². The first-order valence-corrected chi connectivity index (χ1v) is 7.78. The minimum Gasteiger partial charge on any atom is -0.351 e. The molecular weight excluding hydrogens is 248 g/mol. The molecule has 0 amide bonds. The van der Waals surface area contributed by atoms with Crippen molar-refractivity contribution in [1.29, 1.82) is 0 Å². The number of nitrogens with zero attached hydrogens (tertiary/aromatic N) is 3. The summed E-state index contributed by atoms with van der Waals surface area (Å²) in [4.78, 5) is 9.60. The number of hydrogen-bond donors (Lipinski definition) is 1. The Bertz CT molecular complexity index is 470. The summed E-state index contributed by atoms with van der Waals surface area (Å²) < 4.78 is 0. The molecule has 1 atom stereocenters. The molecule has 2 heterocycles. The molecule has 4 heteroatoms. The SMILES string of the molecule is Cc1cc(CNC2CC2)cc(N2CCN(C)CC2C)n1. The van der Waals surface area contributed by atoms with Gasteiger partial charge in [0.25, 0.3) is 0 Å². The van der Waals surface area contributed by atoms with Crippen molar-refractivity contribution in [2.24, 2.45) is 0 Å².